The fourth-order valence-corrected chi connectivity index (χ4v) is 5.31. The van der Waals surface area contributed by atoms with E-state index in [0.717, 1.165) is 42.0 Å². The van der Waals surface area contributed by atoms with Gasteiger partial charge in [0.1, 0.15) is 18.4 Å². The Hall–Kier alpha value is -3.56. The second-order valence-corrected chi connectivity index (χ2v) is 10.2. The third-order valence-electron chi connectivity index (χ3n) is 6.64. The summed E-state index contributed by atoms with van der Waals surface area (Å²) in [6.07, 6.45) is 9.16. The van der Waals surface area contributed by atoms with Crippen LogP contribution in [0.4, 0.5) is 0 Å². The van der Waals surface area contributed by atoms with Gasteiger partial charge in [-0.25, -0.2) is 0 Å². The molecule has 1 fully saturated rings. The number of rotatable bonds is 10. The lowest BCUT2D eigenvalue weighted by Gasteiger charge is -2.29. The summed E-state index contributed by atoms with van der Waals surface area (Å²) in [6.45, 7) is 2.39. The van der Waals surface area contributed by atoms with Gasteiger partial charge in [-0.15, -0.1) is 0 Å². The Kier molecular flexibility index (Phi) is 7.91. The first-order valence-corrected chi connectivity index (χ1v) is 13.4. The number of imide groups is 1. The topological polar surface area (TPSA) is 99.8 Å². The van der Waals surface area contributed by atoms with E-state index in [9.17, 15) is 14.4 Å². The molecular weight excluding hydrogens is 488 g/mol. The number of allylic oxidation sites excluding steroid dienone is 4. The molecule has 0 aromatic heterocycles. The molecule has 1 unspecified atom stereocenters. The molecule has 3 N–H and O–H groups in total. The molecule has 2 aromatic carbocycles. The van der Waals surface area contributed by atoms with E-state index in [-0.39, 0.29) is 18.2 Å². The lowest BCUT2D eigenvalue weighted by atomic mass is 10.0. The molecule has 37 heavy (non-hydrogen) atoms. The van der Waals surface area contributed by atoms with Crippen LogP contribution in [0.25, 0.3) is 0 Å². The zero-order valence-corrected chi connectivity index (χ0v) is 21.3. The Bertz CT molecular complexity index is 1240. The van der Waals surface area contributed by atoms with Gasteiger partial charge in [-0.2, -0.15) is 0 Å². The Labute approximate surface area is 220 Å². The lowest BCUT2D eigenvalue weighted by molar-refractivity contribution is -0.136. The summed E-state index contributed by atoms with van der Waals surface area (Å²) in [5.74, 6) is -0.275. The Morgan fingerprint density at radius 2 is 1.92 bits per heavy atom. The number of amides is 3. The Morgan fingerprint density at radius 1 is 1.05 bits per heavy atom. The van der Waals surface area contributed by atoms with Crippen molar-refractivity contribution < 1.29 is 19.1 Å². The number of benzene rings is 2. The van der Waals surface area contributed by atoms with Crippen LogP contribution in [-0.2, 0) is 22.7 Å². The standard InChI is InChI=1S/C28H30N4O4S/c33-26-14-13-24(27(34)31-26)32-17-23-22(28(32)35)7-4-8-25(23)36-18-19-9-11-21(12-10-19)37-30-16-15-29-20-5-2-1-3-6-20/h1-2,4-5,7-12,24,29-30H,3,6,13-18H2,(H,31,33,34). The van der Waals surface area contributed by atoms with Crippen molar-refractivity contribution in [1.29, 1.82) is 0 Å². The summed E-state index contributed by atoms with van der Waals surface area (Å²) in [5, 5.41) is 5.79. The third kappa shape index (κ3) is 6.06. The molecule has 9 heteroatoms. The largest absolute Gasteiger partial charge is 0.489 e. The highest BCUT2D eigenvalue weighted by Crippen LogP contribution is 2.34. The van der Waals surface area contributed by atoms with Crippen LogP contribution in [0.5, 0.6) is 5.75 Å². The predicted molar refractivity (Wildman–Crippen MR) is 142 cm³/mol. The molecule has 1 saturated heterocycles. The second kappa shape index (κ2) is 11.7. The van der Waals surface area contributed by atoms with Crippen molar-refractivity contribution in [3.8, 4) is 5.75 Å². The van der Waals surface area contributed by atoms with Crippen LogP contribution in [0.3, 0.4) is 0 Å². The van der Waals surface area contributed by atoms with Crippen molar-refractivity contribution in [2.75, 3.05) is 13.1 Å². The fraction of sp³-hybridized carbons (Fsp3) is 0.321. The third-order valence-corrected chi connectivity index (χ3v) is 7.50. The molecule has 3 amide bonds. The zero-order chi connectivity index (χ0) is 25.6. The molecule has 0 saturated carbocycles. The molecule has 1 atom stereocenters. The van der Waals surface area contributed by atoms with Crippen LogP contribution in [0.1, 0.15) is 47.2 Å². The molecule has 3 aliphatic rings. The molecule has 1 aliphatic carbocycles. The number of nitrogens with zero attached hydrogens (tertiary/aromatic N) is 1. The first kappa shape index (κ1) is 25.1. The van der Waals surface area contributed by atoms with Gasteiger partial charge in [0.25, 0.3) is 5.91 Å². The zero-order valence-electron chi connectivity index (χ0n) is 20.5. The normalized spacial score (nSPS) is 18.9. The SMILES string of the molecule is O=C1CCC(N2Cc3c(OCc4ccc(SNCCNC5=CC=CCC5)cc4)cccc3C2=O)C(=O)N1. The number of nitrogens with one attached hydrogen (secondary N) is 3. The summed E-state index contributed by atoms with van der Waals surface area (Å²) < 4.78 is 9.48. The van der Waals surface area contributed by atoms with Gasteiger partial charge in [0.15, 0.2) is 0 Å². The van der Waals surface area contributed by atoms with Crippen LogP contribution >= 0.6 is 11.9 Å². The average molecular weight is 519 g/mol. The Morgan fingerprint density at radius 3 is 2.70 bits per heavy atom. The number of hydrogen-bond acceptors (Lipinski definition) is 7. The maximum Gasteiger partial charge on any atom is 0.255 e. The van der Waals surface area contributed by atoms with E-state index in [0.29, 0.717) is 30.9 Å². The monoisotopic (exact) mass is 518 g/mol. The summed E-state index contributed by atoms with van der Waals surface area (Å²) >= 11 is 1.60. The molecule has 2 heterocycles. The minimum atomic E-state index is -0.638. The van der Waals surface area contributed by atoms with Gasteiger partial charge in [0, 0.05) is 41.2 Å². The number of hydrogen-bond donors (Lipinski definition) is 3. The quantitative estimate of drug-likeness (QED) is 0.252. The first-order valence-electron chi connectivity index (χ1n) is 12.6. The maximum atomic E-state index is 13.0. The van der Waals surface area contributed by atoms with E-state index in [1.54, 1.807) is 24.1 Å². The minimum Gasteiger partial charge on any atom is -0.489 e. The van der Waals surface area contributed by atoms with Gasteiger partial charge in [0.05, 0.1) is 6.54 Å². The molecule has 5 rings (SSSR count). The summed E-state index contributed by atoms with van der Waals surface area (Å²) in [5.41, 5.74) is 3.64. The van der Waals surface area contributed by atoms with Crippen LogP contribution in [0.2, 0.25) is 0 Å². The average Bonchev–Trinajstić information content (AvgIpc) is 3.25. The van der Waals surface area contributed by atoms with Gasteiger partial charge >= 0.3 is 0 Å². The van der Waals surface area contributed by atoms with Crippen molar-refractivity contribution in [1.82, 2.24) is 20.3 Å². The molecule has 2 aliphatic heterocycles. The number of carbonyl (C=O) groups is 3. The summed E-state index contributed by atoms with van der Waals surface area (Å²) in [7, 11) is 0. The van der Waals surface area contributed by atoms with Crippen molar-refractivity contribution in [3.63, 3.8) is 0 Å². The molecule has 0 bridgehead atoms. The minimum absolute atomic E-state index is 0.202. The van der Waals surface area contributed by atoms with Crippen LogP contribution in [0.15, 0.2) is 71.3 Å². The van der Waals surface area contributed by atoms with Crippen LogP contribution in [-0.4, -0.2) is 41.8 Å². The van der Waals surface area contributed by atoms with E-state index in [4.69, 9.17) is 4.74 Å². The molecule has 192 valence electrons. The van der Waals surface area contributed by atoms with E-state index in [2.05, 4.69) is 45.7 Å². The maximum absolute atomic E-state index is 13.0. The van der Waals surface area contributed by atoms with E-state index in [1.165, 1.54) is 10.6 Å². The lowest BCUT2D eigenvalue weighted by Crippen LogP contribution is -2.52. The number of ether oxygens (including phenoxy) is 1. The van der Waals surface area contributed by atoms with Crippen molar-refractivity contribution in [2.45, 2.75) is 49.8 Å². The smallest absolute Gasteiger partial charge is 0.255 e. The second-order valence-electron chi connectivity index (χ2n) is 9.20. The Balaban J connectivity index is 1.11. The van der Waals surface area contributed by atoms with Gasteiger partial charge in [-0.3, -0.25) is 24.4 Å². The molecule has 8 nitrogen and oxygen atoms in total. The van der Waals surface area contributed by atoms with Crippen molar-refractivity contribution >= 4 is 29.7 Å². The summed E-state index contributed by atoms with van der Waals surface area (Å²) in [6, 6.07) is 12.9. The van der Waals surface area contributed by atoms with E-state index >= 15 is 0 Å². The van der Waals surface area contributed by atoms with Gasteiger partial charge in [-0.05, 0) is 67.1 Å². The first-order chi connectivity index (χ1) is 18.1. The highest BCUT2D eigenvalue weighted by atomic mass is 32.2. The number of carbonyl (C=O) groups excluding carboxylic acids is 3. The highest BCUT2D eigenvalue weighted by molar-refractivity contribution is 7.97. The van der Waals surface area contributed by atoms with Crippen LogP contribution < -0.4 is 20.1 Å². The van der Waals surface area contributed by atoms with Gasteiger partial charge < -0.3 is 15.0 Å². The van der Waals surface area contributed by atoms with Crippen molar-refractivity contribution in [2.24, 2.45) is 0 Å². The van der Waals surface area contributed by atoms with Gasteiger partial charge in [-0.1, -0.05) is 30.4 Å². The summed E-state index contributed by atoms with van der Waals surface area (Å²) in [4.78, 5) is 39.4. The number of fused-ring (bicyclic) bond motifs is 1. The molecule has 2 aromatic rings. The molecular formula is C28H30N4O4S. The highest BCUT2D eigenvalue weighted by Gasteiger charge is 2.40. The van der Waals surface area contributed by atoms with E-state index < -0.39 is 11.9 Å². The van der Waals surface area contributed by atoms with Crippen molar-refractivity contribution in [3.05, 3.63) is 83.1 Å². The molecule has 0 radical (unpaired) electrons. The fourth-order valence-electron chi connectivity index (χ4n) is 4.67. The van der Waals surface area contributed by atoms with E-state index in [1.807, 2.05) is 18.2 Å². The van der Waals surface area contributed by atoms with Gasteiger partial charge in [0.2, 0.25) is 11.8 Å². The van der Waals surface area contributed by atoms with Crippen LogP contribution in [0, 0.1) is 0 Å². The molecule has 0 spiro atoms. The number of piperidine rings is 1. The predicted octanol–water partition coefficient (Wildman–Crippen LogP) is 3.45.